The summed E-state index contributed by atoms with van der Waals surface area (Å²) < 4.78 is 0. The zero-order valence-corrected chi connectivity index (χ0v) is 6.62. The molecular weight excluding hydrogens is 122 g/mol. The number of benzene rings is 1. The summed E-state index contributed by atoms with van der Waals surface area (Å²) in [6.45, 7) is 3.89. The van der Waals surface area contributed by atoms with Gasteiger partial charge in [0.25, 0.3) is 0 Å². The molecule has 0 saturated heterocycles. The van der Waals surface area contributed by atoms with Crippen LogP contribution in [0.1, 0.15) is 13.8 Å². The predicted octanol–water partition coefficient (Wildman–Crippen LogP) is 2.04. The van der Waals surface area contributed by atoms with Crippen LogP contribution >= 0.6 is 0 Å². The molecule has 0 fully saturated rings. The first-order chi connectivity index (χ1) is 4.73. The van der Waals surface area contributed by atoms with Gasteiger partial charge in [-0.1, -0.05) is 50.2 Å². The Balaban J connectivity index is 0.000000180. The van der Waals surface area contributed by atoms with Crippen LogP contribution in [0.3, 0.4) is 0 Å². The molecular formula is C9H15N. The predicted molar refractivity (Wildman–Crippen MR) is 45.8 cm³/mol. The van der Waals surface area contributed by atoms with E-state index < -0.39 is 0 Å². The van der Waals surface area contributed by atoms with Gasteiger partial charge in [-0.2, -0.15) is 0 Å². The lowest BCUT2D eigenvalue weighted by atomic mass is 10.4. The Morgan fingerprint density at radius 1 is 0.800 bits per heavy atom. The monoisotopic (exact) mass is 137 g/mol. The Morgan fingerprint density at radius 2 is 0.900 bits per heavy atom. The van der Waals surface area contributed by atoms with Crippen LogP contribution in [-0.4, -0.2) is 6.04 Å². The van der Waals surface area contributed by atoms with Crippen LogP contribution in [-0.2, 0) is 0 Å². The molecule has 0 heterocycles. The van der Waals surface area contributed by atoms with E-state index in [0.29, 0.717) is 6.04 Å². The molecule has 0 aliphatic rings. The highest BCUT2D eigenvalue weighted by Gasteiger charge is 1.67. The van der Waals surface area contributed by atoms with Gasteiger partial charge in [0.1, 0.15) is 0 Å². The average molecular weight is 137 g/mol. The number of rotatable bonds is 0. The highest BCUT2D eigenvalue weighted by Crippen LogP contribution is 1.79. The summed E-state index contributed by atoms with van der Waals surface area (Å²) in [7, 11) is 0. The van der Waals surface area contributed by atoms with E-state index in [2.05, 4.69) is 0 Å². The second-order valence-electron chi connectivity index (χ2n) is 2.40. The number of hydrogen-bond acceptors (Lipinski definition) is 1. The van der Waals surface area contributed by atoms with Crippen LogP contribution in [0.5, 0.6) is 0 Å². The van der Waals surface area contributed by atoms with Crippen molar-refractivity contribution in [2.24, 2.45) is 5.73 Å². The number of nitrogens with two attached hydrogens (primary N) is 1. The molecule has 10 heavy (non-hydrogen) atoms. The molecule has 1 aromatic carbocycles. The van der Waals surface area contributed by atoms with Crippen molar-refractivity contribution in [3.05, 3.63) is 36.4 Å². The Morgan fingerprint density at radius 3 is 1.00 bits per heavy atom. The van der Waals surface area contributed by atoms with Crippen LogP contribution in [0, 0.1) is 0 Å². The second kappa shape index (κ2) is 6.30. The zero-order chi connectivity index (χ0) is 7.82. The van der Waals surface area contributed by atoms with Crippen LogP contribution in [0.2, 0.25) is 0 Å². The van der Waals surface area contributed by atoms with E-state index in [-0.39, 0.29) is 0 Å². The van der Waals surface area contributed by atoms with E-state index >= 15 is 0 Å². The molecule has 0 aliphatic carbocycles. The van der Waals surface area contributed by atoms with Gasteiger partial charge in [-0.25, -0.2) is 0 Å². The van der Waals surface area contributed by atoms with Gasteiger partial charge in [0, 0.05) is 0 Å². The smallest absolute Gasteiger partial charge is 0.00179 e. The lowest BCUT2D eigenvalue weighted by Gasteiger charge is -1.81. The lowest BCUT2D eigenvalue weighted by molar-refractivity contribution is 0.834. The van der Waals surface area contributed by atoms with Crippen LogP contribution in [0.4, 0.5) is 0 Å². The van der Waals surface area contributed by atoms with Crippen molar-refractivity contribution in [2.45, 2.75) is 19.9 Å². The van der Waals surface area contributed by atoms with Crippen molar-refractivity contribution in [1.82, 2.24) is 0 Å². The van der Waals surface area contributed by atoms with Gasteiger partial charge in [0.15, 0.2) is 0 Å². The normalized spacial score (nSPS) is 8.40. The van der Waals surface area contributed by atoms with Gasteiger partial charge in [0.2, 0.25) is 0 Å². The minimum Gasteiger partial charge on any atom is -0.328 e. The SMILES string of the molecule is CC(C)N.c1ccccc1. The molecule has 0 radical (unpaired) electrons. The first kappa shape index (κ1) is 9.18. The Labute approximate surface area is 62.9 Å². The summed E-state index contributed by atoms with van der Waals surface area (Å²) in [6.07, 6.45) is 0. The van der Waals surface area contributed by atoms with E-state index in [9.17, 15) is 0 Å². The van der Waals surface area contributed by atoms with Gasteiger partial charge in [-0.3, -0.25) is 0 Å². The quantitative estimate of drug-likeness (QED) is 0.581. The second-order valence-corrected chi connectivity index (χ2v) is 2.40. The lowest BCUT2D eigenvalue weighted by Crippen LogP contribution is -2.06. The van der Waals surface area contributed by atoms with Crippen LogP contribution in [0.15, 0.2) is 36.4 Å². The third-order valence-corrected chi connectivity index (χ3v) is 0.667. The molecule has 1 heteroatoms. The van der Waals surface area contributed by atoms with Crippen molar-refractivity contribution < 1.29 is 0 Å². The molecule has 2 N–H and O–H groups in total. The molecule has 1 rings (SSSR count). The van der Waals surface area contributed by atoms with Crippen LogP contribution in [0.25, 0.3) is 0 Å². The minimum atomic E-state index is 0.333. The third kappa shape index (κ3) is 10.2. The minimum absolute atomic E-state index is 0.333. The largest absolute Gasteiger partial charge is 0.328 e. The standard InChI is InChI=1S/C6H6.C3H9N/c1-2-4-6-5-3-1;1-3(2)4/h1-6H;3H,4H2,1-2H3. The fraction of sp³-hybridized carbons (Fsp3) is 0.333. The van der Waals surface area contributed by atoms with E-state index in [1.54, 1.807) is 0 Å². The van der Waals surface area contributed by atoms with E-state index in [1.807, 2.05) is 50.2 Å². The van der Waals surface area contributed by atoms with Gasteiger partial charge in [-0.15, -0.1) is 0 Å². The molecule has 0 unspecified atom stereocenters. The van der Waals surface area contributed by atoms with Crippen molar-refractivity contribution in [2.75, 3.05) is 0 Å². The molecule has 0 aromatic heterocycles. The number of hydrogen-bond donors (Lipinski definition) is 1. The summed E-state index contributed by atoms with van der Waals surface area (Å²) in [5.41, 5.74) is 5.11. The maximum absolute atomic E-state index is 5.11. The van der Waals surface area contributed by atoms with Crippen LogP contribution < -0.4 is 5.73 Å². The summed E-state index contributed by atoms with van der Waals surface area (Å²) >= 11 is 0. The maximum atomic E-state index is 5.11. The molecule has 56 valence electrons. The molecule has 0 aliphatic heterocycles. The highest BCUT2D eigenvalue weighted by atomic mass is 14.6. The summed E-state index contributed by atoms with van der Waals surface area (Å²) in [6, 6.07) is 12.3. The van der Waals surface area contributed by atoms with Gasteiger partial charge >= 0.3 is 0 Å². The van der Waals surface area contributed by atoms with E-state index in [4.69, 9.17) is 5.73 Å². The molecule has 0 bridgehead atoms. The fourth-order valence-corrected chi connectivity index (χ4v) is 0.385. The maximum Gasteiger partial charge on any atom is -0.00179 e. The summed E-state index contributed by atoms with van der Waals surface area (Å²) in [5, 5.41) is 0. The van der Waals surface area contributed by atoms with E-state index in [0.717, 1.165) is 0 Å². The van der Waals surface area contributed by atoms with Crippen molar-refractivity contribution >= 4 is 0 Å². The summed E-state index contributed by atoms with van der Waals surface area (Å²) in [4.78, 5) is 0. The first-order valence-corrected chi connectivity index (χ1v) is 3.49. The fourth-order valence-electron chi connectivity index (χ4n) is 0.385. The Bertz CT molecular complexity index is 105. The Hall–Kier alpha value is -0.820. The van der Waals surface area contributed by atoms with Crippen molar-refractivity contribution in [3.63, 3.8) is 0 Å². The van der Waals surface area contributed by atoms with Crippen molar-refractivity contribution in [3.8, 4) is 0 Å². The first-order valence-electron chi connectivity index (χ1n) is 3.49. The van der Waals surface area contributed by atoms with Gasteiger partial charge in [-0.05, 0) is 6.04 Å². The molecule has 1 aromatic rings. The molecule has 1 nitrogen and oxygen atoms in total. The molecule has 0 amide bonds. The summed E-state index contributed by atoms with van der Waals surface area (Å²) in [5.74, 6) is 0. The van der Waals surface area contributed by atoms with E-state index in [1.165, 1.54) is 0 Å². The van der Waals surface area contributed by atoms with Crippen molar-refractivity contribution in [1.29, 1.82) is 0 Å². The zero-order valence-electron chi connectivity index (χ0n) is 6.62. The molecule has 0 spiro atoms. The van der Waals surface area contributed by atoms with Gasteiger partial charge in [0.05, 0.1) is 0 Å². The molecule has 0 saturated carbocycles. The third-order valence-electron chi connectivity index (χ3n) is 0.667. The highest BCUT2D eigenvalue weighted by molar-refractivity contribution is 4.99. The topological polar surface area (TPSA) is 26.0 Å². The Kier molecular flexibility index (Phi) is 5.79. The molecule has 0 atom stereocenters. The average Bonchev–Trinajstić information content (AvgIpc) is 1.90. The van der Waals surface area contributed by atoms with Gasteiger partial charge < -0.3 is 5.73 Å².